The lowest BCUT2D eigenvalue weighted by atomic mass is 10.1. The van der Waals surface area contributed by atoms with Gasteiger partial charge in [0, 0.05) is 18.2 Å². The van der Waals surface area contributed by atoms with Crippen LogP contribution < -0.4 is 15.0 Å². The molecular formula is C19H19ClN2O3. The molecule has 0 radical (unpaired) electrons. The van der Waals surface area contributed by atoms with Gasteiger partial charge in [-0.3, -0.25) is 9.59 Å². The van der Waals surface area contributed by atoms with Crippen LogP contribution >= 0.6 is 11.6 Å². The monoisotopic (exact) mass is 358 g/mol. The second-order valence-corrected chi connectivity index (χ2v) is 6.37. The number of carbonyl (C=O) groups excluding carboxylic acids is 2. The summed E-state index contributed by atoms with van der Waals surface area (Å²) in [5, 5.41) is 3.26. The highest BCUT2D eigenvalue weighted by molar-refractivity contribution is 6.32. The van der Waals surface area contributed by atoms with Gasteiger partial charge in [-0.15, -0.1) is 0 Å². The first-order valence-electron chi connectivity index (χ1n) is 8.03. The molecule has 0 aromatic heterocycles. The quantitative estimate of drug-likeness (QED) is 0.892. The summed E-state index contributed by atoms with van der Waals surface area (Å²) in [6.07, 6.45) is 0. The number of amides is 2. The van der Waals surface area contributed by atoms with Gasteiger partial charge in [0.05, 0.1) is 11.6 Å². The molecule has 1 N–H and O–H groups in total. The number of fused-ring (bicyclic) bond motifs is 1. The number of carbonyl (C=O) groups is 2. The Balaban J connectivity index is 1.76. The van der Waals surface area contributed by atoms with E-state index in [2.05, 4.69) is 5.32 Å². The van der Waals surface area contributed by atoms with E-state index in [-0.39, 0.29) is 11.8 Å². The molecule has 0 bridgehead atoms. The topological polar surface area (TPSA) is 58.6 Å². The van der Waals surface area contributed by atoms with Crippen molar-refractivity contribution >= 4 is 29.1 Å². The van der Waals surface area contributed by atoms with Gasteiger partial charge in [0.25, 0.3) is 5.91 Å². The molecule has 0 aliphatic carbocycles. The van der Waals surface area contributed by atoms with Crippen LogP contribution in [-0.2, 0) is 9.59 Å². The Hall–Kier alpha value is -2.53. The molecule has 3 rings (SSSR count). The van der Waals surface area contributed by atoms with Crippen molar-refractivity contribution in [1.82, 2.24) is 5.32 Å². The molecule has 130 valence electrons. The van der Waals surface area contributed by atoms with Gasteiger partial charge in [-0.05, 0) is 25.1 Å². The van der Waals surface area contributed by atoms with E-state index < -0.39 is 6.04 Å². The number of nitrogens with one attached hydrogen (secondary N) is 1. The molecular weight excluding hydrogens is 340 g/mol. The van der Waals surface area contributed by atoms with Gasteiger partial charge in [0.15, 0.2) is 0 Å². The first-order chi connectivity index (χ1) is 12.0. The summed E-state index contributed by atoms with van der Waals surface area (Å²) < 4.78 is 5.69. The van der Waals surface area contributed by atoms with Crippen molar-refractivity contribution < 1.29 is 14.3 Å². The third kappa shape index (κ3) is 3.61. The van der Waals surface area contributed by atoms with Crippen LogP contribution in [0, 0.1) is 6.92 Å². The summed E-state index contributed by atoms with van der Waals surface area (Å²) >= 11 is 6.07. The highest BCUT2D eigenvalue weighted by Gasteiger charge is 2.37. The number of aryl methyl sites for hydroxylation is 1. The average Bonchev–Trinajstić information content (AvgIpc) is 2.81. The zero-order valence-corrected chi connectivity index (χ0v) is 14.8. The fourth-order valence-corrected chi connectivity index (χ4v) is 3.13. The molecule has 1 heterocycles. The van der Waals surface area contributed by atoms with Gasteiger partial charge in [-0.1, -0.05) is 41.4 Å². The van der Waals surface area contributed by atoms with Crippen LogP contribution in [0.5, 0.6) is 5.75 Å². The minimum Gasteiger partial charge on any atom is -0.490 e. The van der Waals surface area contributed by atoms with Crippen LogP contribution in [0.2, 0.25) is 5.02 Å². The number of benzene rings is 2. The molecule has 0 saturated carbocycles. The van der Waals surface area contributed by atoms with E-state index in [1.54, 1.807) is 17.0 Å². The molecule has 25 heavy (non-hydrogen) atoms. The third-order valence-corrected chi connectivity index (χ3v) is 4.37. The van der Waals surface area contributed by atoms with Gasteiger partial charge < -0.3 is 15.0 Å². The molecule has 0 fully saturated rings. The van der Waals surface area contributed by atoms with Crippen molar-refractivity contribution in [1.29, 1.82) is 0 Å². The fraction of sp³-hybridized carbons (Fsp3) is 0.263. The zero-order chi connectivity index (χ0) is 18.0. The standard InChI is InChI=1S/C19H19ClN2O3/c1-12-7-8-16-14(11-12)18(21-13(2)23)19(24)22(16)9-10-25-17-6-4-3-5-15(17)20/h3-8,11,18H,9-10H2,1-2H3,(H,21,23)/t18-/m0/s1. The highest BCUT2D eigenvalue weighted by atomic mass is 35.5. The molecule has 1 atom stereocenters. The maximum atomic E-state index is 12.7. The lowest BCUT2D eigenvalue weighted by Gasteiger charge is -2.18. The molecule has 0 spiro atoms. The number of nitrogens with zero attached hydrogens (tertiary/aromatic N) is 1. The molecule has 2 amide bonds. The normalized spacial score (nSPS) is 15.9. The van der Waals surface area contributed by atoms with Gasteiger partial charge in [-0.2, -0.15) is 0 Å². The SMILES string of the molecule is CC(=O)N[C@@H]1C(=O)N(CCOc2ccccc2Cl)c2ccc(C)cc21. The molecule has 6 heteroatoms. The summed E-state index contributed by atoms with van der Waals surface area (Å²) in [5.74, 6) is 0.192. The van der Waals surface area contributed by atoms with E-state index >= 15 is 0 Å². The van der Waals surface area contributed by atoms with Crippen molar-refractivity contribution in [3.8, 4) is 5.75 Å². The number of hydrogen-bond donors (Lipinski definition) is 1. The van der Waals surface area contributed by atoms with Crippen molar-refractivity contribution in [3.63, 3.8) is 0 Å². The van der Waals surface area contributed by atoms with Crippen LogP contribution in [-0.4, -0.2) is 25.0 Å². The smallest absolute Gasteiger partial charge is 0.254 e. The zero-order valence-electron chi connectivity index (χ0n) is 14.1. The van der Waals surface area contributed by atoms with E-state index in [0.29, 0.717) is 23.9 Å². The molecule has 0 unspecified atom stereocenters. The van der Waals surface area contributed by atoms with Crippen LogP contribution in [0.4, 0.5) is 5.69 Å². The van der Waals surface area contributed by atoms with Crippen molar-refractivity contribution in [2.75, 3.05) is 18.1 Å². The number of ether oxygens (including phenoxy) is 1. The van der Waals surface area contributed by atoms with Crippen LogP contribution in [0.15, 0.2) is 42.5 Å². The lowest BCUT2D eigenvalue weighted by molar-refractivity contribution is -0.126. The summed E-state index contributed by atoms with van der Waals surface area (Å²) in [4.78, 5) is 25.9. The number of halogens is 1. The molecule has 1 aliphatic heterocycles. The Morgan fingerprint density at radius 2 is 2.04 bits per heavy atom. The van der Waals surface area contributed by atoms with E-state index in [4.69, 9.17) is 16.3 Å². The predicted octanol–water partition coefficient (Wildman–Crippen LogP) is 3.25. The summed E-state index contributed by atoms with van der Waals surface area (Å²) in [7, 11) is 0. The molecule has 5 nitrogen and oxygen atoms in total. The Labute approximate surface area is 151 Å². The molecule has 2 aromatic carbocycles. The van der Waals surface area contributed by atoms with Crippen molar-refractivity contribution in [2.24, 2.45) is 0 Å². The Morgan fingerprint density at radius 1 is 1.28 bits per heavy atom. The minimum atomic E-state index is -0.646. The van der Waals surface area contributed by atoms with E-state index in [1.807, 2.05) is 37.3 Å². The third-order valence-electron chi connectivity index (χ3n) is 4.05. The highest BCUT2D eigenvalue weighted by Crippen LogP contribution is 2.36. The van der Waals surface area contributed by atoms with Crippen LogP contribution in [0.1, 0.15) is 24.1 Å². The summed E-state index contributed by atoms with van der Waals surface area (Å²) in [6, 6.07) is 12.3. The Bertz CT molecular complexity index is 822. The number of hydrogen-bond acceptors (Lipinski definition) is 3. The number of rotatable bonds is 5. The first-order valence-corrected chi connectivity index (χ1v) is 8.41. The lowest BCUT2D eigenvalue weighted by Crippen LogP contribution is -2.38. The van der Waals surface area contributed by atoms with Crippen LogP contribution in [0.25, 0.3) is 0 Å². The number of para-hydroxylation sites is 1. The Morgan fingerprint density at radius 3 is 2.76 bits per heavy atom. The van der Waals surface area contributed by atoms with E-state index in [9.17, 15) is 9.59 Å². The van der Waals surface area contributed by atoms with Gasteiger partial charge >= 0.3 is 0 Å². The molecule has 0 saturated heterocycles. The second kappa shape index (κ2) is 7.15. The number of anilines is 1. The van der Waals surface area contributed by atoms with E-state index in [1.165, 1.54) is 6.92 Å². The van der Waals surface area contributed by atoms with Crippen molar-refractivity contribution in [2.45, 2.75) is 19.9 Å². The van der Waals surface area contributed by atoms with Crippen LogP contribution in [0.3, 0.4) is 0 Å². The maximum Gasteiger partial charge on any atom is 0.254 e. The predicted molar refractivity (Wildman–Crippen MR) is 97.0 cm³/mol. The summed E-state index contributed by atoms with van der Waals surface area (Å²) in [5.41, 5.74) is 2.66. The maximum absolute atomic E-state index is 12.7. The minimum absolute atomic E-state index is 0.154. The fourth-order valence-electron chi connectivity index (χ4n) is 2.94. The molecule has 1 aliphatic rings. The van der Waals surface area contributed by atoms with E-state index in [0.717, 1.165) is 16.8 Å². The average molecular weight is 359 g/mol. The second-order valence-electron chi connectivity index (χ2n) is 5.96. The van der Waals surface area contributed by atoms with Gasteiger partial charge in [-0.25, -0.2) is 0 Å². The van der Waals surface area contributed by atoms with Crippen molar-refractivity contribution in [3.05, 3.63) is 58.6 Å². The van der Waals surface area contributed by atoms with Gasteiger partial charge in [0.1, 0.15) is 18.4 Å². The van der Waals surface area contributed by atoms with Gasteiger partial charge in [0.2, 0.25) is 5.91 Å². The summed E-state index contributed by atoms with van der Waals surface area (Å²) in [6.45, 7) is 4.04. The molecule has 2 aromatic rings. The largest absolute Gasteiger partial charge is 0.490 e. The Kier molecular flexibility index (Phi) is 4.95. The first kappa shape index (κ1) is 17.3.